The molecule has 88 valence electrons. The minimum atomic E-state index is -0.0782. The molecule has 4 nitrogen and oxygen atoms in total. The van der Waals surface area contributed by atoms with Gasteiger partial charge in [0, 0.05) is 6.54 Å². The highest BCUT2D eigenvalue weighted by Crippen LogP contribution is 2.08. The second kappa shape index (κ2) is 5.51. The third-order valence-corrected chi connectivity index (χ3v) is 2.72. The van der Waals surface area contributed by atoms with E-state index in [1.54, 1.807) is 0 Å². The molecule has 0 aliphatic rings. The van der Waals surface area contributed by atoms with Crippen LogP contribution in [0.1, 0.15) is 18.1 Å². The fourth-order valence-corrected chi connectivity index (χ4v) is 1.54. The van der Waals surface area contributed by atoms with E-state index >= 15 is 0 Å². The summed E-state index contributed by atoms with van der Waals surface area (Å²) in [6.45, 7) is 4.75. The molecule has 0 saturated carbocycles. The van der Waals surface area contributed by atoms with Crippen molar-refractivity contribution in [1.29, 1.82) is 0 Å². The standard InChI is InChI=1S/C12H19N3O/c1-9-5-4-6-11(7-9)8-15(3)10(2)12(13)14-16/h4-7,10,16H,8H2,1-3H3,(H2,13,14). The van der Waals surface area contributed by atoms with Gasteiger partial charge >= 0.3 is 0 Å². The summed E-state index contributed by atoms with van der Waals surface area (Å²) >= 11 is 0. The first-order chi connectivity index (χ1) is 7.54. The maximum absolute atomic E-state index is 8.60. The lowest BCUT2D eigenvalue weighted by atomic mass is 10.1. The maximum Gasteiger partial charge on any atom is 0.156 e. The largest absolute Gasteiger partial charge is 0.409 e. The van der Waals surface area contributed by atoms with E-state index in [9.17, 15) is 0 Å². The Morgan fingerprint density at radius 3 is 2.81 bits per heavy atom. The highest BCUT2D eigenvalue weighted by Gasteiger charge is 2.13. The van der Waals surface area contributed by atoms with Crippen molar-refractivity contribution in [1.82, 2.24) is 4.90 Å². The Morgan fingerprint density at radius 2 is 2.25 bits per heavy atom. The topological polar surface area (TPSA) is 61.8 Å². The summed E-state index contributed by atoms with van der Waals surface area (Å²) in [6, 6.07) is 8.23. The Morgan fingerprint density at radius 1 is 1.56 bits per heavy atom. The van der Waals surface area contributed by atoms with E-state index in [0.29, 0.717) is 0 Å². The molecule has 1 rings (SSSR count). The molecular weight excluding hydrogens is 202 g/mol. The Labute approximate surface area is 96.4 Å². The summed E-state index contributed by atoms with van der Waals surface area (Å²) in [4.78, 5) is 2.03. The summed E-state index contributed by atoms with van der Waals surface area (Å²) in [7, 11) is 1.95. The minimum absolute atomic E-state index is 0.0782. The van der Waals surface area contributed by atoms with Crippen molar-refractivity contribution in [2.24, 2.45) is 10.9 Å². The summed E-state index contributed by atoms with van der Waals surface area (Å²) in [5.74, 6) is 0.232. The smallest absolute Gasteiger partial charge is 0.156 e. The van der Waals surface area contributed by atoms with Gasteiger partial charge in [0.05, 0.1) is 6.04 Å². The van der Waals surface area contributed by atoms with E-state index < -0.39 is 0 Å². The molecule has 0 amide bonds. The summed E-state index contributed by atoms with van der Waals surface area (Å²) < 4.78 is 0. The number of nitrogens with zero attached hydrogens (tertiary/aromatic N) is 2. The fraction of sp³-hybridized carbons (Fsp3) is 0.417. The molecule has 0 aliphatic carbocycles. The Balaban J connectivity index is 2.67. The van der Waals surface area contributed by atoms with Crippen molar-refractivity contribution in [2.75, 3.05) is 7.05 Å². The van der Waals surface area contributed by atoms with Crippen molar-refractivity contribution in [3.63, 3.8) is 0 Å². The van der Waals surface area contributed by atoms with E-state index in [1.165, 1.54) is 11.1 Å². The van der Waals surface area contributed by atoms with Gasteiger partial charge in [0.15, 0.2) is 5.84 Å². The summed E-state index contributed by atoms with van der Waals surface area (Å²) in [5, 5.41) is 11.6. The summed E-state index contributed by atoms with van der Waals surface area (Å²) in [6.07, 6.45) is 0. The molecule has 0 radical (unpaired) electrons. The molecule has 0 aromatic heterocycles. The van der Waals surface area contributed by atoms with Gasteiger partial charge in [-0.15, -0.1) is 0 Å². The van der Waals surface area contributed by atoms with Crippen molar-refractivity contribution in [3.8, 4) is 0 Å². The molecule has 0 aliphatic heterocycles. The van der Waals surface area contributed by atoms with Crippen molar-refractivity contribution in [2.45, 2.75) is 26.4 Å². The number of aryl methyl sites for hydroxylation is 1. The number of likely N-dealkylation sites (N-methyl/N-ethyl adjacent to an activating group) is 1. The van der Waals surface area contributed by atoms with Crippen LogP contribution < -0.4 is 5.73 Å². The third-order valence-electron chi connectivity index (χ3n) is 2.72. The maximum atomic E-state index is 8.60. The zero-order valence-electron chi connectivity index (χ0n) is 10.0. The van der Waals surface area contributed by atoms with Gasteiger partial charge in [-0.2, -0.15) is 0 Å². The van der Waals surface area contributed by atoms with E-state index in [0.717, 1.165) is 6.54 Å². The van der Waals surface area contributed by atoms with Crippen LogP contribution in [-0.4, -0.2) is 29.0 Å². The first-order valence-corrected chi connectivity index (χ1v) is 5.27. The fourth-order valence-electron chi connectivity index (χ4n) is 1.54. The number of hydrogen-bond donors (Lipinski definition) is 2. The van der Waals surface area contributed by atoms with Crippen LogP contribution >= 0.6 is 0 Å². The zero-order chi connectivity index (χ0) is 12.1. The van der Waals surface area contributed by atoms with Gasteiger partial charge < -0.3 is 10.9 Å². The highest BCUT2D eigenvalue weighted by molar-refractivity contribution is 5.84. The van der Waals surface area contributed by atoms with E-state index in [2.05, 4.69) is 30.3 Å². The van der Waals surface area contributed by atoms with E-state index in [1.807, 2.05) is 24.9 Å². The molecule has 4 heteroatoms. The van der Waals surface area contributed by atoms with Crippen LogP contribution in [0.25, 0.3) is 0 Å². The molecule has 0 spiro atoms. The molecule has 0 heterocycles. The quantitative estimate of drug-likeness (QED) is 0.351. The first kappa shape index (κ1) is 12.5. The highest BCUT2D eigenvalue weighted by atomic mass is 16.4. The number of hydrogen-bond acceptors (Lipinski definition) is 3. The lowest BCUT2D eigenvalue weighted by Crippen LogP contribution is -2.40. The molecule has 1 unspecified atom stereocenters. The second-order valence-corrected chi connectivity index (χ2v) is 4.11. The van der Waals surface area contributed by atoms with Crippen LogP contribution in [-0.2, 0) is 6.54 Å². The average Bonchev–Trinajstić information content (AvgIpc) is 2.27. The van der Waals surface area contributed by atoms with Gasteiger partial charge in [0.1, 0.15) is 0 Å². The van der Waals surface area contributed by atoms with Gasteiger partial charge in [-0.3, -0.25) is 4.90 Å². The van der Waals surface area contributed by atoms with Crippen LogP contribution in [0.5, 0.6) is 0 Å². The predicted molar refractivity (Wildman–Crippen MR) is 65.5 cm³/mol. The van der Waals surface area contributed by atoms with Crippen LogP contribution in [0.4, 0.5) is 0 Å². The van der Waals surface area contributed by atoms with Crippen LogP contribution in [0.15, 0.2) is 29.4 Å². The second-order valence-electron chi connectivity index (χ2n) is 4.11. The third kappa shape index (κ3) is 3.24. The Kier molecular flexibility index (Phi) is 4.31. The monoisotopic (exact) mass is 221 g/mol. The predicted octanol–water partition coefficient (Wildman–Crippen LogP) is 1.56. The van der Waals surface area contributed by atoms with Gasteiger partial charge in [-0.1, -0.05) is 35.0 Å². The molecule has 0 bridgehead atoms. The number of nitrogens with two attached hydrogens (primary N) is 1. The molecule has 0 saturated heterocycles. The average molecular weight is 221 g/mol. The van der Waals surface area contributed by atoms with Gasteiger partial charge in [-0.25, -0.2) is 0 Å². The van der Waals surface area contributed by atoms with Crippen molar-refractivity contribution in [3.05, 3.63) is 35.4 Å². The Hall–Kier alpha value is -1.55. The first-order valence-electron chi connectivity index (χ1n) is 5.27. The molecule has 1 aromatic carbocycles. The van der Waals surface area contributed by atoms with Crippen LogP contribution in [0, 0.1) is 6.92 Å². The minimum Gasteiger partial charge on any atom is -0.409 e. The van der Waals surface area contributed by atoms with Gasteiger partial charge in [-0.05, 0) is 26.5 Å². The van der Waals surface area contributed by atoms with Gasteiger partial charge in [0.25, 0.3) is 0 Å². The molecule has 3 N–H and O–H groups in total. The number of amidine groups is 1. The normalized spacial score (nSPS) is 14.1. The molecule has 1 atom stereocenters. The lowest BCUT2D eigenvalue weighted by molar-refractivity contribution is 0.279. The molecular formula is C12H19N3O. The molecule has 16 heavy (non-hydrogen) atoms. The number of rotatable bonds is 4. The number of benzene rings is 1. The van der Waals surface area contributed by atoms with Crippen LogP contribution in [0.2, 0.25) is 0 Å². The van der Waals surface area contributed by atoms with Crippen molar-refractivity contribution >= 4 is 5.84 Å². The summed E-state index contributed by atoms with van der Waals surface area (Å²) in [5.41, 5.74) is 8.02. The van der Waals surface area contributed by atoms with Gasteiger partial charge in [0.2, 0.25) is 0 Å². The van der Waals surface area contributed by atoms with Crippen molar-refractivity contribution < 1.29 is 5.21 Å². The molecule has 1 aromatic rings. The van der Waals surface area contributed by atoms with E-state index in [-0.39, 0.29) is 11.9 Å². The van der Waals surface area contributed by atoms with Crippen LogP contribution in [0.3, 0.4) is 0 Å². The SMILES string of the molecule is Cc1cccc(CN(C)C(C)C(N)=NO)c1. The number of oxime groups is 1. The lowest BCUT2D eigenvalue weighted by Gasteiger charge is -2.23. The molecule has 0 fully saturated rings. The van der Waals surface area contributed by atoms with E-state index in [4.69, 9.17) is 10.9 Å². The Bertz CT molecular complexity index is 376. The zero-order valence-corrected chi connectivity index (χ0v) is 10.0.